The lowest BCUT2D eigenvalue weighted by molar-refractivity contribution is 0.0521. The molecule has 1 aromatic heterocycles. The molecule has 2 heterocycles. The summed E-state index contributed by atoms with van der Waals surface area (Å²) in [6.07, 6.45) is 3.24. The van der Waals surface area contributed by atoms with Crippen LogP contribution in [0.4, 0.5) is 0 Å². The highest BCUT2D eigenvalue weighted by Gasteiger charge is 2.26. The van der Waals surface area contributed by atoms with Crippen LogP contribution in [0.15, 0.2) is 54.9 Å². The van der Waals surface area contributed by atoms with Gasteiger partial charge in [0.15, 0.2) is 0 Å². The Hall–Kier alpha value is -2.66. The van der Waals surface area contributed by atoms with Gasteiger partial charge in [-0.1, -0.05) is 12.1 Å². The molecule has 1 atom stereocenters. The van der Waals surface area contributed by atoms with Crippen molar-refractivity contribution in [2.45, 2.75) is 25.9 Å². The number of carbonyl (C=O) groups excluding carboxylic acids is 1. The van der Waals surface area contributed by atoms with Crippen molar-refractivity contribution in [3.05, 3.63) is 60.4 Å². The van der Waals surface area contributed by atoms with Gasteiger partial charge in [0.2, 0.25) is 0 Å². The zero-order valence-corrected chi connectivity index (χ0v) is 14.9. The Bertz CT molecular complexity index is 906. The average Bonchev–Trinajstić information content (AvgIpc) is 3.12. The van der Waals surface area contributed by atoms with Crippen molar-refractivity contribution in [1.29, 1.82) is 0 Å². The Balaban J connectivity index is 1.50. The van der Waals surface area contributed by atoms with Crippen molar-refractivity contribution in [1.82, 2.24) is 14.5 Å². The van der Waals surface area contributed by atoms with Gasteiger partial charge in [0.1, 0.15) is 6.33 Å². The number of aliphatic hydroxyl groups is 1. The number of rotatable bonds is 3. The molecule has 1 aliphatic rings. The van der Waals surface area contributed by atoms with E-state index in [1.54, 1.807) is 0 Å². The van der Waals surface area contributed by atoms with Gasteiger partial charge in [-0.15, -0.1) is 0 Å². The van der Waals surface area contributed by atoms with Crippen molar-refractivity contribution in [2.75, 3.05) is 13.1 Å². The molecule has 1 unspecified atom stereocenters. The van der Waals surface area contributed by atoms with Gasteiger partial charge in [-0.3, -0.25) is 9.36 Å². The van der Waals surface area contributed by atoms with E-state index in [2.05, 4.69) is 4.98 Å². The molecule has 26 heavy (non-hydrogen) atoms. The van der Waals surface area contributed by atoms with Gasteiger partial charge in [-0.2, -0.15) is 0 Å². The standard InChI is InChI=1S/C21H23N3O2/c1-15(25)16-10-12-23(13-11-16)21(26)17-6-8-18(9-7-17)24-14-22-19-4-2-3-5-20(19)24/h2-9,14-16,25H,10-13H2,1H3. The van der Waals surface area contributed by atoms with E-state index in [1.165, 1.54) is 0 Å². The Morgan fingerprint density at radius 1 is 1.12 bits per heavy atom. The summed E-state index contributed by atoms with van der Waals surface area (Å²) >= 11 is 0. The van der Waals surface area contributed by atoms with Crippen LogP contribution in [0.25, 0.3) is 16.7 Å². The van der Waals surface area contributed by atoms with Crippen molar-refractivity contribution in [3.63, 3.8) is 0 Å². The highest BCUT2D eigenvalue weighted by Crippen LogP contribution is 2.23. The molecule has 0 bridgehead atoms. The summed E-state index contributed by atoms with van der Waals surface area (Å²) in [7, 11) is 0. The molecule has 1 amide bonds. The van der Waals surface area contributed by atoms with Crippen LogP contribution in [0.2, 0.25) is 0 Å². The van der Waals surface area contributed by atoms with Crippen LogP contribution in [-0.4, -0.2) is 44.7 Å². The first kappa shape index (κ1) is 16.8. The quantitative estimate of drug-likeness (QED) is 0.790. The summed E-state index contributed by atoms with van der Waals surface area (Å²) in [4.78, 5) is 19.0. The van der Waals surface area contributed by atoms with Crippen LogP contribution in [0.5, 0.6) is 0 Å². The summed E-state index contributed by atoms with van der Waals surface area (Å²) in [6, 6.07) is 15.7. The van der Waals surface area contributed by atoms with Crippen molar-refractivity contribution < 1.29 is 9.90 Å². The first-order valence-electron chi connectivity index (χ1n) is 9.13. The lowest BCUT2D eigenvalue weighted by Gasteiger charge is -2.33. The fourth-order valence-electron chi connectivity index (χ4n) is 3.70. The number of aromatic nitrogens is 2. The maximum absolute atomic E-state index is 12.7. The summed E-state index contributed by atoms with van der Waals surface area (Å²) in [6.45, 7) is 3.26. The van der Waals surface area contributed by atoms with Crippen LogP contribution in [0, 0.1) is 5.92 Å². The van der Waals surface area contributed by atoms with E-state index < -0.39 is 0 Å². The lowest BCUT2D eigenvalue weighted by Crippen LogP contribution is -2.40. The van der Waals surface area contributed by atoms with Crippen LogP contribution in [0.1, 0.15) is 30.1 Å². The Morgan fingerprint density at radius 2 is 1.81 bits per heavy atom. The first-order chi connectivity index (χ1) is 12.6. The highest BCUT2D eigenvalue weighted by molar-refractivity contribution is 5.94. The predicted molar refractivity (Wildman–Crippen MR) is 101 cm³/mol. The van der Waals surface area contributed by atoms with E-state index in [4.69, 9.17) is 0 Å². The summed E-state index contributed by atoms with van der Waals surface area (Å²) in [5.41, 5.74) is 3.69. The minimum absolute atomic E-state index is 0.0658. The fraction of sp³-hybridized carbons (Fsp3) is 0.333. The average molecular weight is 349 g/mol. The van der Waals surface area contributed by atoms with E-state index in [-0.39, 0.29) is 12.0 Å². The summed E-state index contributed by atoms with van der Waals surface area (Å²) < 4.78 is 2.03. The third-order valence-corrected chi connectivity index (χ3v) is 5.36. The normalized spacial score (nSPS) is 16.8. The minimum Gasteiger partial charge on any atom is -0.393 e. The third-order valence-electron chi connectivity index (χ3n) is 5.36. The molecular formula is C21H23N3O2. The van der Waals surface area contributed by atoms with E-state index >= 15 is 0 Å². The largest absolute Gasteiger partial charge is 0.393 e. The van der Waals surface area contributed by atoms with Crippen LogP contribution in [0.3, 0.4) is 0 Å². The van der Waals surface area contributed by atoms with Crippen molar-refractivity contribution >= 4 is 16.9 Å². The molecule has 5 heteroatoms. The number of benzene rings is 2. The molecule has 1 aliphatic heterocycles. The second kappa shape index (κ2) is 6.92. The lowest BCUT2D eigenvalue weighted by atomic mass is 9.92. The van der Waals surface area contributed by atoms with Crippen molar-refractivity contribution in [2.24, 2.45) is 5.92 Å². The highest BCUT2D eigenvalue weighted by atomic mass is 16.3. The SMILES string of the molecule is CC(O)C1CCN(C(=O)c2ccc(-n3cnc4ccccc43)cc2)CC1. The fourth-order valence-corrected chi connectivity index (χ4v) is 3.70. The van der Waals surface area contributed by atoms with Gasteiger partial charge in [0.25, 0.3) is 5.91 Å². The molecule has 134 valence electrons. The van der Waals surface area contributed by atoms with Gasteiger partial charge >= 0.3 is 0 Å². The molecule has 5 nitrogen and oxygen atoms in total. The topological polar surface area (TPSA) is 58.4 Å². The summed E-state index contributed by atoms with van der Waals surface area (Å²) in [5, 5.41) is 9.70. The molecule has 0 radical (unpaired) electrons. The zero-order valence-electron chi connectivity index (χ0n) is 14.9. The number of fused-ring (bicyclic) bond motifs is 1. The van der Waals surface area contributed by atoms with Crippen LogP contribution in [-0.2, 0) is 0 Å². The number of likely N-dealkylation sites (tertiary alicyclic amines) is 1. The molecule has 1 fully saturated rings. The van der Waals surface area contributed by atoms with Gasteiger partial charge < -0.3 is 10.0 Å². The predicted octanol–water partition coefficient (Wildman–Crippen LogP) is 3.26. The third kappa shape index (κ3) is 3.10. The Labute approximate surface area is 152 Å². The zero-order chi connectivity index (χ0) is 18.1. The first-order valence-corrected chi connectivity index (χ1v) is 9.13. The van der Waals surface area contributed by atoms with Crippen LogP contribution >= 0.6 is 0 Å². The molecule has 0 spiro atoms. The molecule has 0 aliphatic carbocycles. The smallest absolute Gasteiger partial charge is 0.253 e. The Morgan fingerprint density at radius 3 is 2.50 bits per heavy atom. The van der Waals surface area contributed by atoms with Gasteiger partial charge in [0, 0.05) is 24.3 Å². The van der Waals surface area contributed by atoms with Gasteiger partial charge in [0.05, 0.1) is 17.1 Å². The van der Waals surface area contributed by atoms with Gasteiger partial charge in [-0.25, -0.2) is 4.98 Å². The maximum atomic E-state index is 12.7. The number of nitrogens with zero attached hydrogens (tertiary/aromatic N) is 3. The maximum Gasteiger partial charge on any atom is 0.253 e. The Kier molecular flexibility index (Phi) is 4.47. The molecule has 1 saturated heterocycles. The number of carbonyl (C=O) groups is 1. The number of aliphatic hydroxyl groups excluding tert-OH is 1. The van der Waals surface area contributed by atoms with Crippen molar-refractivity contribution in [3.8, 4) is 5.69 Å². The van der Waals surface area contributed by atoms with Gasteiger partial charge in [-0.05, 0) is 62.1 Å². The second-order valence-electron chi connectivity index (χ2n) is 7.02. The molecule has 1 N–H and O–H groups in total. The molecule has 3 aromatic rings. The number of hydrogen-bond acceptors (Lipinski definition) is 3. The minimum atomic E-state index is -0.295. The van der Waals surface area contributed by atoms with E-state index in [1.807, 2.05) is 71.2 Å². The molecule has 4 rings (SSSR count). The van der Waals surface area contributed by atoms with E-state index in [9.17, 15) is 9.90 Å². The van der Waals surface area contributed by atoms with E-state index in [0.29, 0.717) is 24.6 Å². The number of imidazole rings is 1. The van der Waals surface area contributed by atoms with Crippen LogP contribution < -0.4 is 0 Å². The molecular weight excluding hydrogens is 326 g/mol. The number of amides is 1. The van der Waals surface area contributed by atoms with E-state index in [0.717, 1.165) is 29.6 Å². The number of para-hydroxylation sites is 2. The number of piperidine rings is 1. The number of hydrogen-bond donors (Lipinski definition) is 1. The second-order valence-corrected chi connectivity index (χ2v) is 7.02. The summed E-state index contributed by atoms with van der Waals surface area (Å²) in [5.74, 6) is 0.368. The molecule has 0 saturated carbocycles. The monoisotopic (exact) mass is 349 g/mol. The molecule has 2 aromatic carbocycles.